The van der Waals surface area contributed by atoms with Crippen LogP contribution < -0.4 is 15.2 Å². The Bertz CT molecular complexity index is 548. The standard InChI is InChI=1S/C16H20BrNO2/c17-12-10-14-13(19-16(20-14)7-4-8-16)9-11(12)15(18)5-2-1-3-6-15/h9-10H,1-8,18H2. The molecule has 0 bridgehead atoms. The first-order valence-electron chi connectivity index (χ1n) is 7.61. The molecule has 1 spiro atoms. The van der Waals surface area contributed by atoms with E-state index in [9.17, 15) is 0 Å². The molecule has 1 aromatic rings. The van der Waals surface area contributed by atoms with Crippen LogP contribution >= 0.6 is 15.9 Å². The van der Waals surface area contributed by atoms with Gasteiger partial charge in [0.1, 0.15) is 0 Å². The van der Waals surface area contributed by atoms with Crippen molar-refractivity contribution in [3.05, 3.63) is 22.2 Å². The maximum absolute atomic E-state index is 6.66. The Morgan fingerprint density at radius 1 is 0.900 bits per heavy atom. The normalized spacial score (nSPS) is 25.5. The van der Waals surface area contributed by atoms with Crippen LogP contribution in [-0.4, -0.2) is 5.79 Å². The van der Waals surface area contributed by atoms with Gasteiger partial charge in [-0.15, -0.1) is 0 Å². The summed E-state index contributed by atoms with van der Waals surface area (Å²) in [7, 11) is 0. The first kappa shape index (κ1) is 13.0. The lowest BCUT2D eigenvalue weighted by Crippen LogP contribution is -2.45. The smallest absolute Gasteiger partial charge is 0.251 e. The van der Waals surface area contributed by atoms with Gasteiger partial charge < -0.3 is 15.2 Å². The molecule has 0 amide bonds. The van der Waals surface area contributed by atoms with Crippen molar-refractivity contribution in [1.29, 1.82) is 0 Å². The van der Waals surface area contributed by atoms with Crippen molar-refractivity contribution in [2.24, 2.45) is 5.73 Å². The Morgan fingerprint density at radius 2 is 1.55 bits per heavy atom. The van der Waals surface area contributed by atoms with Gasteiger partial charge in [-0.3, -0.25) is 0 Å². The summed E-state index contributed by atoms with van der Waals surface area (Å²) in [6.45, 7) is 0. The fraction of sp³-hybridized carbons (Fsp3) is 0.625. The van der Waals surface area contributed by atoms with Crippen LogP contribution in [0.1, 0.15) is 56.9 Å². The predicted octanol–water partition coefficient (Wildman–Crippen LogP) is 4.22. The van der Waals surface area contributed by atoms with E-state index >= 15 is 0 Å². The molecule has 0 radical (unpaired) electrons. The van der Waals surface area contributed by atoms with Gasteiger partial charge in [0, 0.05) is 22.9 Å². The summed E-state index contributed by atoms with van der Waals surface area (Å²) in [5, 5.41) is 0. The van der Waals surface area contributed by atoms with Crippen molar-refractivity contribution in [2.75, 3.05) is 0 Å². The molecule has 3 nitrogen and oxygen atoms in total. The Hall–Kier alpha value is -0.740. The molecule has 1 aromatic carbocycles. The number of hydrogen-bond donors (Lipinski definition) is 1. The van der Waals surface area contributed by atoms with Crippen LogP contribution in [0.5, 0.6) is 11.5 Å². The average Bonchev–Trinajstić information content (AvgIpc) is 2.77. The number of rotatable bonds is 1. The second-order valence-corrected chi connectivity index (χ2v) is 7.32. The van der Waals surface area contributed by atoms with Crippen LogP contribution in [0.3, 0.4) is 0 Å². The van der Waals surface area contributed by atoms with E-state index in [1.54, 1.807) is 0 Å². The number of benzene rings is 1. The Labute approximate surface area is 127 Å². The number of ether oxygens (including phenoxy) is 2. The predicted molar refractivity (Wildman–Crippen MR) is 80.9 cm³/mol. The van der Waals surface area contributed by atoms with Gasteiger partial charge in [-0.1, -0.05) is 35.2 Å². The monoisotopic (exact) mass is 337 g/mol. The third-order valence-electron chi connectivity index (χ3n) is 5.02. The Kier molecular flexibility index (Phi) is 2.84. The summed E-state index contributed by atoms with van der Waals surface area (Å²) < 4.78 is 13.1. The van der Waals surface area contributed by atoms with Crippen LogP contribution in [0.4, 0.5) is 0 Å². The second-order valence-electron chi connectivity index (χ2n) is 6.46. The first-order valence-corrected chi connectivity index (χ1v) is 8.41. The van der Waals surface area contributed by atoms with Crippen molar-refractivity contribution in [1.82, 2.24) is 0 Å². The summed E-state index contributed by atoms with van der Waals surface area (Å²) in [5.41, 5.74) is 7.62. The molecule has 4 rings (SSSR count). The van der Waals surface area contributed by atoms with Gasteiger partial charge in [-0.2, -0.15) is 0 Å². The molecule has 2 N–H and O–H groups in total. The average molecular weight is 338 g/mol. The van der Waals surface area contributed by atoms with Crippen molar-refractivity contribution < 1.29 is 9.47 Å². The van der Waals surface area contributed by atoms with Crippen LogP contribution in [0, 0.1) is 0 Å². The van der Waals surface area contributed by atoms with E-state index in [-0.39, 0.29) is 11.3 Å². The van der Waals surface area contributed by atoms with E-state index in [2.05, 4.69) is 22.0 Å². The SMILES string of the molecule is NC1(c2cc3c(cc2Br)OC2(CCC2)O3)CCCCC1. The molecule has 20 heavy (non-hydrogen) atoms. The van der Waals surface area contributed by atoms with E-state index in [0.717, 1.165) is 41.7 Å². The Morgan fingerprint density at radius 3 is 2.15 bits per heavy atom. The fourth-order valence-corrected chi connectivity index (χ4v) is 4.34. The van der Waals surface area contributed by atoms with Crippen molar-refractivity contribution in [3.63, 3.8) is 0 Å². The molecule has 1 aliphatic heterocycles. The van der Waals surface area contributed by atoms with Crippen LogP contribution in [0.15, 0.2) is 16.6 Å². The van der Waals surface area contributed by atoms with Gasteiger partial charge in [0.25, 0.3) is 5.79 Å². The maximum Gasteiger partial charge on any atom is 0.251 e. The van der Waals surface area contributed by atoms with E-state index in [0.29, 0.717) is 0 Å². The maximum atomic E-state index is 6.66. The Balaban J connectivity index is 1.70. The summed E-state index contributed by atoms with van der Waals surface area (Å²) in [4.78, 5) is 0. The molecular weight excluding hydrogens is 318 g/mol. The summed E-state index contributed by atoms with van der Waals surface area (Å²) in [6, 6.07) is 4.15. The zero-order valence-electron chi connectivity index (χ0n) is 11.6. The fourth-order valence-electron chi connectivity index (χ4n) is 3.62. The van der Waals surface area contributed by atoms with Crippen LogP contribution in [0.2, 0.25) is 0 Å². The second kappa shape index (κ2) is 4.38. The van der Waals surface area contributed by atoms with Crippen molar-refractivity contribution in [2.45, 2.75) is 62.7 Å². The topological polar surface area (TPSA) is 44.5 Å². The molecule has 0 aromatic heterocycles. The molecule has 2 saturated carbocycles. The number of hydrogen-bond acceptors (Lipinski definition) is 3. The number of halogens is 1. The van der Waals surface area contributed by atoms with Gasteiger partial charge in [-0.05, 0) is 37.0 Å². The minimum Gasteiger partial charge on any atom is -0.448 e. The highest BCUT2D eigenvalue weighted by molar-refractivity contribution is 9.10. The van der Waals surface area contributed by atoms with Crippen LogP contribution in [-0.2, 0) is 5.54 Å². The molecule has 1 heterocycles. The zero-order chi connectivity index (χ0) is 13.8. The molecule has 4 heteroatoms. The largest absolute Gasteiger partial charge is 0.448 e. The molecule has 3 aliphatic rings. The molecule has 108 valence electrons. The molecule has 0 atom stereocenters. The van der Waals surface area contributed by atoms with Crippen molar-refractivity contribution >= 4 is 15.9 Å². The highest BCUT2D eigenvalue weighted by atomic mass is 79.9. The number of fused-ring (bicyclic) bond motifs is 1. The van der Waals surface area contributed by atoms with Gasteiger partial charge in [0.15, 0.2) is 11.5 Å². The van der Waals surface area contributed by atoms with Crippen LogP contribution in [0.25, 0.3) is 0 Å². The molecule has 0 saturated heterocycles. The van der Waals surface area contributed by atoms with E-state index < -0.39 is 0 Å². The van der Waals surface area contributed by atoms with Gasteiger partial charge in [-0.25, -0.2) is 0 Å². The molecule has 2 fully saturated rings. The highest BCUT2D eigenvalue weighted by Crippen LogP contribution is 2.51. The lowest BCUT2D eigenvalue weighted by atomic mass is 9.77. The van der Waals surface area contributed by atoms with Gasteiger partial charge in [0.2, 0.25) is 0 Å². The first-order chi connectivity index (χ1) is 9.60. The van der Waals surface area contributed by atoms with E-state index in [4.69, 9.17) is 15.2 Å². The van der Waals surface area contributed by atoms with E-state index in [1.165, 1.54) is 31.2 Å². The minimum atomic E-state index is -0.366. The number of nitrogens with two attached hydrogens (primary N) is 1. The molecule has 2 aliphatic carbocycles. The lowest BCUT2D eigenvalue weighted by Gasteiger charge is -2.35. The third-order valence-corrected chi connectivity index (χ3v) is 5.68. The summed E-state index contributed by atoms with van der Waals surface area (Å²) in [5.74, 6) is 1.37. The highest BCUT2D eigenvalue weighted by Gasteiger charge is 2.47. The van der Waals surface area contributed by atoms with Gasteiger partial charge >= 0.3 is 0 Å². The van der Waals surface area contributed by atoms with E-state index in [1.807, 2.05) is 6.07 Å². The molecule has 0 unspecified atom stereocenters. The zero-order valence-corrected chi connectivity index (χ0v) is 13.2. The molecular formula is C16H20BrNO2. The van der Waals surface area contributed by atoms with Crippen molar-refractivity contribution in [3.8, 4) is 11.5 Å². The van der Waals surface area contributed by atoms with Gasteiger partial charge in [0.05, 0.1) is 0 Å². The summed E-state index contributed by atoms with van der Waals surface area (Å²) in [6.07, 6.45) is 8.98. The third kappa shape index (κ3) is 1.88. The lowest BCUT2D eigenvalue weighted by molar-refractivity contribution is -0.138. The minimum absolute atomic E-state index is 0.217. The quantitative estimate of drug-likeness (QED) is 0.834. The summed E-state index contributed by atoms with van der Waals surface area (Å²) >= 11 is 3.68.